The van der Waals surface area contributed by atoms with Gasteiger partial charge in [-0.05, 0) is 34.9 Å². The topological polar surface area (TPSA) is 58.6 Å². The number of hydrogen-bond donors (Lipinski definition) is 0. The number of carbonyl (C=O) groups is 1. The zero-order valence-electron chi connectivity index (χ0n) is 18.8. The number of carbonyl (C=O) groups excluding carboxylic acids is 1. The number of aromatic nitrogens is 2. The van der Waals surface area contributed by atoms with Gasteiger partial charge in [-0.25, -0.2) is 0 Å². The van der Waals surface area contributed by atoms with Crippen LogP contribution >= 0.6 is 0 Å². The van der Waals surface area contributed by atoms with Crippen LogP contribution in [0.25, 0.3) is 0 Å². The van der Waals surface area contributed by atoms with E-state index in [0.717, 1.165) is 23.6 Å². The standard InChI is InChI=1S/C26H23F3N4O2/c27-26(28,29)22-9-5-4-8-21(22)25(34)33-16-19-14-32(15-20(19)17-33)23-10-11-24(31-30-23)35-13-12-18-6-2-1-3-7-18/h1-11H,12-17H2. The molecule has 1 aromatic heterocycles. The van der Waals surface area contributed by atoms with Gasteiger partial charge in [-0.1, -0.05) is 42.5 Å². The molecule has 0 N–H and O–H groups in total. The SMILES string of the molecule is O=C(c1ccccc1C(F)(F)F)N1CC2=C(C1)CN(c1ccc(OCCc3ccccc3)nn1)C2. The van der Waals surface area contributed by atoms with Gasteiger partial charge in [0.05, 0.1) is 17.7 Å². The summed E-state index contributed by atoms with van der Waals surface area (Å²) in [6.07, 6.45) is -3.80. The summed E-state index contributed by atoms with van der Waals surface area (Å²) < 4.78 is 45.7. The first kappa shape index (κ1) is 22.9. The highest BCUT2D eigenvalue weighted by Gasteiger charge is 2.38. The zero-order valence-corrected chi connectivity index (χ0v) is 18.8. The van der Waals surface area contributed by atoms with E-state index >= 15 is 0 Å². The highest BCUT2D eigenvalue weighted by atomic mass is 19.4. The van der Waals surface area contributed by atoms with Gasteiger partial charge in [-0.2, -0.15) is 13.2 Å². The number of anilines is 1. The molecule has 0 aliphatic carbocycles. The van der Waals surface area contributed by atoms with E-state index < -0.39 is 17.6 Å². The van der Waals surface area contributed by atoms with Crippen molar-refractivity contribution in [2.24, 2.45) is 0 Å². The molecular formula is C26H23F3N4O2. The third kappa shape index (κ3) is 4.99. The second-order valence-corrected chi connectivity index (χ2v) is 8.58. The van der Waals surface area contributed by atoms with Crippen molar-refractivity contribution in [1.82, 2.24) is 15.1 Å². The van der Waals surface area contributed by atoms with Gasteiger partial charge in [-0.3, -0.25) is 4.79 Å². The first-order chi connectivity index (χ1) is 16.9. The molecule has 2 aliphatic heterocycles. The van der Waals surface area contributed by atoms with Crippen LogP contribution in [-0.2, 0) is 12.6 Å². The molecule has 2 aliphatic rings. The van der Waals surface area contributed by atoms with E-state index in [0.29, 0.717) is 44.5 Å². The summed E-state index contributed by atoms with van der Waals surface area (Å²) in [7, 11) is 0. The predicted molar refractivity (Wildman–Crippen MR) is 124 cm³/mol. The van der Waals surface area contributed by atoms with Gasteiger partial charge >= 0.3 is 6.18 Å². The predicted octanol–water partition coefficient (Wildman–Crippen LogP) is 4.39. The minimum absolute atomic E-state index is 0.310. The second-order valence-electron chi connectivity index (χ2n) is 8.58. The van der Waals surface area contributed by atoms with Gasteiger partial charge in [0.2, 0.25) is 5.88 Å². The Balaban J connectivity index is 1.15. The first-order valence-corrected chi connectivity index (χ1v) is 11.3. The highest BCUT2D eigenvalue weighted by molar-refractivity contribution is 5.96. The van der Waals surface area contributed by atoms with Crippen LogP contribution in [0.4, 0.5) is 19.0 Å². The van der Waals surface area contributed by atoms with Crippen molar-refractivity contribution in [3.63, 3.8) is 0 Å². The van der Waals surface area contributed by atoms with Gasteiger partial charge in [0.25, 0.3) is 5.91 Å². The quantitative estimate of drug-likeness (QED) is 0.490. The molecule has 5 rings (SSSR count). The minimum atomic E-state index is -4.57. The first-order valence-electron chi connectivity index (χ1n) is 11.3. The molecular weight excluding hydrogens is 457 g/mol. The molecule has 0 fully saturated rings. The molecule has 1 amide bonds. The molecule has 180 valence electrons. The lowest BCUT2D eigenvalue weighted by atomic mass is 10.1. The average Bonchev–Trinajstić information content (AvgIpc) is 3.44. The van der Waals surface area contributed by atoms with E-state index in [9.17, 15) is 18.0 Å². The van der Waals surface area contributed by atoms with Crippen molar-refractivity contribution < 1.29 is 22.7 Å². The van der Waals surface area contributed by atoms with Gasteiger partial charge in [0.15, 0.2) is 5.82 Å². The van der Waals surface area contributed by atoms with Crippen molar-refractivity contribution >= 4 is 11.7 Å². The zero-order chi connectivity index (χ0) is 24.4. The van der Waals surface area contributed by atoms with Crippen molar-refractivity contribution in [2.75, 3.05) is 37.7 Å². The maximum Gasteiger partial charge on any atom is 0.417 e. The normalized spacial score (nSPS) is 15.5. The molecule has 0 saturated carbocycles. The van der Waals surface area contributed by atoms with Crippen molar-refractivity contribution in [2.45, 2.75) is 12.6 Å². The van der Waals surface area contributed by atoms with Gasteiger partial charge in [-0.15, -0.1) is 10.2 Å². The lowest BCUT2D eigenvalue weighted by molar-refractivity contribution is -0.138. The summed E-state index contributed by atoms with van der Waals surface area (Å²) in [6.45, 7) is 2.24. The Morgan fingerprint density at radius 1 is 0.857 bits per heavy atom. The minimum Gasteiger partial charge on any atom is -0.476 e. The van der Waals surface area contributed by atoms with Crippen LogP contribution in [0, 0.1) is 0 Å². The number of hydrogen-bond acceptors (Lipinski definition) is 5. The Morgan fingerprint density at radius 2 is 1.54 bits per heavy atom. The van der Waals surface area contributed by atoms with Crippen LogP contribution in [0.15, 0.2) is 77.9 Å². The lowest BCUT2D eigenvalue weighted by Gasteiger charge is -2.24. The number of ether oxygens (including phenoxy) is 1. The summed E-state index contributed by atoms with van der Waals surface area (Å²) in [4.78, 5) is 16.4. The van der Waals surface area contributed by atoms with Crippen molar-refractivity contribution in [3.05, 3.63) is 94.6 Å². The Morgan fingerprint density at radius 3 is 2.20 bits per heavy atom. The number of alkyl halides is 3. The van der Waals surface area contributed by atoms with Gasteiger partial charge in [0.1, 0.15) is 0 Å². The number of halogens is 3. The third-order valence-electron chi connectivity index (χ3n) is 6.21. The lowest BCUT2D eigenvalue weighted by Crippen LogP contribution is -2.35. The smallest absolute Gasteiger partial charge is 0.417 e. The number of rotatable bonds is 6. The molecule has 9 heteroatoms. The molecule has 0 spiro atoms. The van der Waals surface area contributed by atoms with Crippen molar-refractivity contribution in [1.29, 1.82) is 0 Å². The van der Waals surface area contributed by atoms with E-state index in [4.69, 9.17) is 4.74 Å². The van der Waals surface area contributed by atoms with E-state index in [2.05, 4.69) is 10.2 Å². The molecule has 3 heterocycles. The number of amides is 1. The molecule has 0 saturated heterocycles. The molecule has 0 unspecified atom stereocenters. The Hall–Kier alpha value is -3.88. The summed E-state index contributed by atoms with van der Waals surface area (Å²) in [5.74, 6) is 0.537. The largest absolute Gasteiger partial charge is 0.476 e. The molecule has 0 radical (unpaired) electrons. The van der Waals surface area contributed by atoms with E-state index in [1.165, 1.54) is 28.7 Å². The summed E-state index contributed by atoms with van der Waals surface area (Å²) >= 11 is 0. The fourth-order valence-electron chi connectivity index (χ4n) is 4.45. The van der Waals surface area contributed by atoms with E-state index in [-0.39, 0.29) is 5.56 Å². The fraction of sp³-hybridized carbons (Fsp3) is 0.269. The van der Waals surface area contributed by atoms with Crippen LogP contribution in [0.3, 0.4) is 0 Å². The van der Waals surface area contributed by atoms with Crippen LogP contribution < -0.4 is 9.64 Å². The Bertz CT molecular complexity index is 1230. The highest BCUT2D eigenvalue weighted by Crippen LogP contribution is 2.34. The van der Waals surface area contributed by atoms with E-state index in [1.54, 1.807) is 6.07 Å². The monoisotopic (exact) mass is 480 g/mol. The molecule has 2 aromatic carbocycles. The van der Waals surface area contributed by atoms with Gasteiger partial charge < -0.3 is 14.5 Å². The van der Waals surface area contributed by atoms with Crippen molar-refractivity contribution in [3.8, 4) is 5.88 Å². The molecule has 3 aromatic rings. The molecule has 35 heavy (non-hydrogen) atoms. The van der Waals surface area contributed by atoms with Crippen LogP contribution in [0.2, 0.25) is 0 Å². The summed E-state index contributed by atoms with van der Waals surface area (Å²) in [6, 6.07) is 18.6. The number of benzene rings is 2. The molecule has 0 atom stereocenters. The van der Waals surface area contributed by atoms with Crippen LogP contribution in [0.1, 0.15) is 21.5 Å². The second kappa shape index (κ2) is 9.40. The van der Waals surface area contributed by atoms with Crippen LogP contribution in [-0.4, -0.2) is 53.8 Å². The maximum atomic E-state index is 13.3. The molecule has 6 nitrogen and oxygen atoms in total. The summed E-state index contributed by atoms with van der Waals surface area (Å²) in [5, 5.41) is 8.43. The Kier molecular flexibility index (Phi) is 6.15. The Labute approximate surface area is 200 Å². The summed E-state index contributed by atoms with van der Waals surface area (Å²) in [5.41, 5.74) is 2.04. The van der Waals surface area contributed by atoms with Gasteiger partial charge in [0, 0.05) is 38.7 Å². The van der Waals surface area contributed by atoms with Crippen LogP contribution in [0.5, 0.6) is 5.88 Å². The number of nitrogens with zero attached hydrogens (tertiary/aromatic N) is 4. The fourth-order valence-corrected chi connectivity index (χ4v) is 4.45. The third-order valence-corrected chi connectivity index (χ3v) is 6.21. The van der Waals surface area contributed by atoms with E-state index in [1.807, 2.05) is 41.3 Å². The average molecular weight is 480 g/mol. The molecule has 0 bridgehead atoms. The maximum absolute atomic E-state index is 13.3.